The van der Waals surface area contributed by atoms with Gasteiger partial charge in [-0.2, -0.15) is 0 Å². The van der Waals surface area contributed by atoms with Crippen molar-refractivity contribution < 1.29 is 33.6 Å². The van der Waals surface area contributed by atoms with Crippen molar-refractivity contribution in [3.8, 4) is 0 Å². The van der Waals surface area contributed by atoms with Crippen LogP contribution in [0.25, 0.3) is 0 Å². The largest absolute Gasteiger partial charge is 0.480 e. The number of hydrogen-bond donors (Lipinski definition) is 3. The van der Waals surface area contributed by atoms with E-state index in [1.807, 2.05) is 0 Å². The molecule has 0 aliphatic rings. The fourth-order valence-electron chi connectivity index (χ4n) is 2.20. The quantitative estimate of drug-likeness (QED) is 0.334. The van der Waals surface area contributed by atoms with Gasteiger partial charge in [-0.15, -0.1) is 0 Å². The van der Waals surface area contributed by atoms with E-state index in [0.29, 0.717) is 63.9 Å². The Morgan fingerprint density at radius 3 is 2.25 bits per heavy atom. The van der Waals surface area contributed by atoms with Crippen LogP contribution in [0.5, 0.6) is 0 Å². The van der Waals surface area contributed by atoms with Gasteiger partial charge in [0, 0.05) is 19.2 Å². The summed E-state index contributed by atoms with van der Waals surface area (Å²) in [6, 6.07) is 5.75. The van der Waals surface area contributed by atoms with Crippen molar-refractivity contribution >= 4 is 11.9 Å². The molecule has 4 N–H and O–H groups in total. The number of carboxylic acid groups (broad SMARTS) is 1. The molecule has 0 radical (unpaired) electrons. The third kappa shape index (κ3) is 11.0. The number of methoxy groups -OCH3 is 1. The molecule has 0 heterocycles. The molecule has 28 heavy (non-hydrogen) atoms. The highest BCUT2D eigenvalue weighted by atomic mass is 16.6. The van der Waals surface area contributed by atoms with Crippen molar-refractivity contribution in [2.24, 2.45) is 5.73 Å². The second-order valence-electron chi connectivity index (χ2n) is 5.94. The molecule has 9 nitrogen and oxygen atoms in total. The Bertz CT molecular complexity index is 583. The molecule has 0 spiro atoms. The first-order valence-electron chi connectivity index (χ1n) is 9.12. The second kappa shape index (κ2) is 14.9. The highest BCUT2D eigenvalue weighted by Crippen LogP contribution is 2.07. The molecule has 0 bridgehead atoms. The van der Waals surface area contributed by atoms with E-state index in [1.54, 1.807) is 31.4 Å². The van der Waals surface area contributed by atoms with E-state index >= 15 is 0 Å². The maximum atomic E-state index is 12.1. The Balaban J connectivity index is 2.11. The minimum atomic E-state index is -1.07. The minimum absolute atomic E-state index is 0.164. The Morgan fingerprint density at radius 2 is 1.64 bits per heavy atom. The first-order chi connectivity index (χ1) is 13.5. The Kier molecular flexibility index (Phi) is 12.8. The van der Waals surface area contributed by atoms with Crippen LogP contribution in [0.4, 0.5) is 0 Å². The van der Waals surface area contributed by atoms with Crippen LogP contribution < -0.4 is 11.1 Å². The predicted molar refractivity (Wildman–Crippen MR) is 102 cm³/mol. The number of carboxylic acids is 1. The zero-order valence-corrected chi connectivity index (χ0v) is 16.2. The standard InChI is InChI=1S/C19H30N2O7/c1-25-7-8-27-11-12-28-10-9-26-6-5-21-18(22)16-4-2-3-15(13-16)14-17(20)19(23)24/h2-4,13,17H,5-12,14,20H2,1H3,(H,21,22)(H,23,24)/t17-/m0/s1. The fourth-order valence-corrected chi connectivity index (χ4v) is 2.20. The molecule has 158 valence electrons. The van der Waals surface area contributed by atoms with Gasteiger partial charge in [-0.05, 0) is 24.1 Å². The first kappa shape index (κ1) is 24.0. The molecule has 0 fully saturated rings. The van der Waals surface area contributed by atoms with Gasteiger partial charge in [-0.25, -0.2) is 0 Å². The average Bonchev–Trinajstić information content (AvgIpc) is 2.68. The van der Waals surface area contributed by atoms with Gasteiger partial charge in [0.1, 0.15) is 6.04 Å². The van der Waals surface area contributed by atoms with Crippen molar-refractivity contribution in [2.75, 3.05) is 59.9 Å². The van der Waals surface area contributed by atoms with Crippen LogP contribution in [0, 0.1) is 0 Å². The Morgan fingerprint density at radius 1 is 1.04 bits per heavy atom. The van der Waals surface area contributed by atoms with Gasteiger partial charge in [0.25, 0.3) is 5.91 Å². The second-order valence-corrected chi connectivity index (χ2v) is 5.94. The van der Waals surface area contributed by atoms with Gasteiger partial charge in [-0.3, -0.25) is 9.59 Å². The third-order valence-electron chi connectivity index (χ3n) is 3.67. The van der Waals surface area contributed by atoms with Crippen LogP contribution in [0.1, 0.15) is 15.9 Å². The summed E-state index contributed by atoms with van der Waals surface area (Å²) in [5, 5.41) is 11.6. The molecule has 0 aliphatic heterocycles. The van der Waals surface area contributed by atoms with Crippen LogP contribution in [0.15, 0.2) is 24.3 Å². The normalized spacial score (nSPS) is 11.9. The molecule has 0 saturated heterocycles. The third-order valence-corrected chi connectivity index (χ3v) is 3.67. The van der Waals surface area contributed by atoms with Gasteiger partial charge in [0.15, 0.2) is 0 Å². The number of amides is 1. The van der Waals surface area contributed by atoms with Crippen molar-refractivity contribution in [2.45, 2.75) is 12.5 Å². The number of rotatable bonds is 16. The van der Waals surface area contributed by atoms with Gasteiger partial charge < -0.3 is 35.1 Å². The van der Waals surface area contributed by atoms with E-state index in [9.17, 15) is 9.59 Å². The molecule has 1 rings (SSSR count). The van der Waals surface area contributed by atoms with Crippen molar-refractivity contribution in [1.82, 2.24) is 5.32 Å². The molecule has 0 aromatic heterocycles. The van der Waals surface area contributed by atoms with E-state index in [-0.39, 0.29) is 12.3 Å². The molecule has 0 unspecified atom stereocenters. The highest BCUT2D eigenvalue weighted by Gasteiger charge is 2.13. The summed E-state index contributed by atoms with van der Waals surface area (Å²) in [6.07, 6.45) is 0.164. The van der Waals surface area contributed by atoms with Crippen LogP contribution in [0.3, 0.4) is 0 Å². The van der Waals surface area contributed by atoms with Crippen molar-refractivity contribution in [1.29, 1.82) is 0 Å². The fraction of sp³-hybridized carbons (Fsp3) is 0.579. The first-order valence-corrected chi connectivity index (χ1v) is 9.12. The number of hydrogen-bond acceptors (Lipinski definition) is 7. The highest BCUT2D eigenvalue weighted by molar-refractivity contribution is 5.94. The predicted octanol–water partition coefficient (Wildman–Crippen LogP) is 0.0670. The summed E-state index contributed by atoms with van der Waals surface area (Å²) >= 11 is 0. The average molecular weight is 398 g/mol. The van der Waals surface area contributed by atoms with Crippen LogP contribution >= 0.6 is 0 Å². The Hall–Kier alpha value is -2.04. The van der Waals surface area contributed by atoms with Crippen LogP contribution in [-0.2, 0) is 30.2 Å². The van der Waals surface area contributed by atoms with E-state index in [1.165, 1.54) is 0 Å². The number of aliphatic carboxylic acids is 1. The lowest BCUT2D eigenvalue weighted by Crippen LogP contribution is -2.32. The van der Waals surface area contributed by atoms with Gasteiger partial charge in [0.2, 0.25) is 0 Å². The SMILES string of the molecule is COCCOCCOCCOCCNC(=O)c1cccc(C[C@H](N)C(=O)O)c1. The zero-order valence-electron chi connectivity index (χ0n) is 16.2. The number of ether oxygens (including phenoxy) is 4. The van der Waals surface area contributed by atoms with Crippen LogP contribution in [-0.4, -0.2) is 82.9 Å². The minimum Gasteiger partial charge on any atom is -0.480 e. The van der Waals surface area contributed by atoms with E-state index < -0.39 is 12.0 Å². The number of nitrogens with two attached hydrogens (primary N) is 1. The van der Waals surface area contributed by atoms with Gasteiger partial charge in [-0.1, -0.05) is 12.1 Å². The lowest BCUT2D eigenvalue weighted by molar-refractivity contribution is -0.138. The summed E-state index contributed by atoms with van der Waals surface area (Å²) in [5.41, 5.74) is 6.67. The number of nitrogens with one attached hydrogen (secondary N) is 1. The molecule has 1 aromatic rings. The van der Waals surface area contributed by atoms with Crippen molar-refractivity contribution in [3.63, 3.8) is 0 Å². The molecule has 1 amide bonds. The molecule has 1 atom stereocenters. The number of benzene rings is 1. The van der Waals surface area contributed by atoms with E-state index in [2.05, 4.69) is 5.32 Å². The summed E-state index contributed by atoms with van der Waals surface area (Å²) < 4.78 is 20.8. The molecular weight excluding hydrogens is 368 g/mol. The van der Waals surface area contributed by atoms with E-state index in [4.69, 9.17) is 29.8 Å². The molecule has 9 heteroatoms. The molecular formula is C19H30N2O7. The monoisotopic (exact) mass is 398 g/mol. The topological polar surface area (TPSA) is 129 Å². The molecule has 1 aromatic carbocycles. The van der Waals surface area contributed by atoms with Gasteiger partial charge in [0.05, 0.1) is 46.2 Å². The Labute approximate surface area is 165 Å². The summed E-state index contributed by atoms with van der Waals surface area (Å²) in [4.78, 5) is 23.0. The van der Waals surface area contributed by atoms with Crippen LogP contribution in [0.2, 0.25) is 0 Å². The maximum Gasteiger partial charge on any atom is 0.320 e. The smallest absolute Gasteiger partial charge is 0.320 e. The van der Waals surface area contributed by atoms with Gasteiger partial charge >= 0.3 is 5.97 Å². The summed E-state index contributed by atoms with van der Waals surface area (Å²) in [5.74, 6) is -1.33. The number of carbonyl (C=O) groups is 2. The lowest BCUT2D eigenvalue weighted by Gasteiger charge is -2.10. The number of carbonyl (C=O) groups excluding carboxylic acids is 1. The van der Waals surface area contributed by atoms with Crippen molar-refractivity contribution in [3.05, 3.63) is 35.4 Å². The molecule has 0 saturated carbocycles. The summed E-state index contributed by atoms with van der Waals surface area (Å²) in [6.45, 7) is 3.71. The van der Waals surface area contributed by atoms with E-state index in [0.717, 1.165) is 0 Å². The summed E-state index contributed by atoms with van der Waals surface area (Å²) in [7, 11) is 1.62. The zero-order chi connectivity index (χ0) is 20.6. The lowest BCUT2D eigenvalue weighted by atomic mass is 10.0. The molecule has 0 aliphatic carbocycles. The maximum absolute atomic E-state index is 12.1.